The molecule has 0 aliphatic carbocycles. The second-order valence-corrected chi connectivity index (χ2v) is 11.8. The number of halogens is 1. The van der Waals surface area contributed by atoms with Gasteiger partial charge in [-0.15, -0.1) is 0 Å². The SMILES string of the molecule is O=C(O)Cc1cc(F)ccc1NC(=O)c1ccc(N2CCCCC2)c(NC(=O)c2nn(CC3CCNCC3)c3ccccc23)c1. The number of para-hydroxylation sites is 1. The number of hydrogen-bond donors (Lipinski definition) is 4. The number of carbonyl (C=O) groups excluding carboxylic acids is 2. The maximum Gasteiger partial charge on any atom is 0.307 e. The van der Waals surface area contributed by atoms with Crippen LogP contribution in [0.3, 0.4) is 0 Å². The molecule has 0 bridgehead atoms. The molecular formula is C34H37FN6O4. The van der Waals surface area contributed by atoms with Crippen LogP contribution in [-0.2, 0) is 17.8 Å². The van der Waals surface area contributed by atoms with Crippen LogP contribution in [0.15, 0.2) is 60.7 Å². The summed E-state index contributed by atoms with van der Waals surface area (Å²) in [5.41, 5.74) is 3.15. The van der Waals surface area contributed by atoms with Gasteiger partial charge in [-0.05, 0) is 99.1 Å². The molecule has 2 aliphatic heterocycles. The minimum Gasteiger partial charge on any atom is -0.481 e. The molecule has 0 unspecified atom stereocenters. The van der Waals surface area contributed by atoms with Gasteiger partial charge in [0.1, 0.15) is 5.82 Å². The highest BCUT2D eigenvalue weighted by Crippen LogP contribution is 2.32. The summed E-state index contributed by atoms with van der Waals surface area (Å²) < 4.78 is 15.8. The van der Waals surface area contributed by atoms with Crippen molar-refractivity contribution < 1.29 is 23.9 Å². The number of aromatic nitrogens is 2. The lowest BCUT2D eigenvalue weighted by molar-refractivity contribution is -0.136. The second kappa shape index (κ2) is 13.5. The van der Waals surface area contributed by atoms with Crippen LogP contribution in [0.1, 0.15) is 58.5 Å². The predicted molar refractivity (Wildman–Crippen MR) is 171 cm³/mol. The first kappa shape index (κ1) is 30.3. The molecule has 11 heteroatoms. The van der Waals surface area contributed by atoms with Gasteiger partial charge in [0, 0.05) is 36.3 Å². The van der Waals surface area contributed by atoms with E-state index < -0.39 is 24.1 Å². The highest BCUT2D eigenvalue weighted by molar-refractivity contribution is 6.13. The van der Waals surface area contributed by atoms with Crippen molar-refractivity contribution in [3.05, 3.63) is 83.3 Å². The van der Waals surface area contributed by atoms with Crippen molar-refractivity contribution in [2.45, 2.75) is 45.1 Å². The Morgan fingerprint density at radius 1 is 0.911 bits per heavy atom. The van der Waals surface area contributed by atoms with E-state index in [0.717, 1.165) is 87.5 Å². The smallest absolute Gasteiger partial charge is 0.307 e. The third-order valence-electron chi connectivity index (χ3n) is 8.62. The van der Waals surface area contributed by atoms with Gasteiger partial charge in [-0.3, -0.25) is 19.1 Å². The van der Waals surface area contributed by atoms with Crippen molar-refractivity contribution in [3.63, 3.8) is 0 Å². The van der Waals surface area contributed by atoms with Gasteiger partial charge in [0.2, 0.25) is 0 Å². The third kappa shape index (κ3) is 6.99. The molecule has 3 aromatic carbocycles. The van der Waals surface area contributed by atoms with E-state index in [1.807, 2.05) is 35.0 Å². The summed E-state index contributed by atoms with van der Waals surface area (Å²) in [4.78, 5) is 40.9. The average molecular weight is 613 g/mol. The van der Waals surface area contributed by atoms with E-state index in [1.165, 1.54) is 12.1 Å². The highest BCUT2D eigenvalue weighted by Gasteiger charge is 2.24. The Morgan fingerprint density at radius 2 is 1.67 bits per heavy atom. The summed E-state index contributed by atoms with van der Waals surface area (Å²) in [6, 6.07) is 16.5. The number of piperidine rings is 2. The zero-order valence-corrected chi connectivity index (χ0v) is 25.0. The maximum absolute atomic E-state index is 13.9. The Bertz CT molecular complexity index is 1730. The van der Waals surface area contributed by atoms with Crippen LogP contribution >= 0.6 is 0 Å². The van der Waals surface area contributed by atoms with E-state index in [-0.39, 0.29) is 22.7 Å². The molecule has 0 radical (unpaired) electrons. The number of aliphatic carboxylic acids is 1. The fourth-order valence-corrected chi connectivity index (χ4v) is 6.30. The van der Waals surface area contributed by atoms with Gasteiger partial charge < -0.3 is 26.0 Å². The van der Waals surface area contributed by atoms with Crippen LogP contribution in [0.4, 0.5) is 21.5 Å². The number of carboxylic acids is 1. The molecule has 2 fully saturated rings. The van der Waals surface area contributed by atoms with Crippen molar-refractivity contribution in [1.82, 2.24) is 15.1 Å². The summed E-state index contributed by atoms with van der Waals surface area (Å²) >= 11 is 0. The number of nitrogens with zero attached hydrogens (tertiary/aromatic N) is 3. The molecule has 2 amide bonds. The Labute approximate surface area is 260 Å². The van der Waals surface area contributed by atoms with Crippen molar-refractivity contribution in [2.24, 2.45) is 5.92 Å². The molecule has 3 heterocycles. The lowest BCUT2D eigenvalue weighted by atomic mass is 9.98. The summed E-state index contributed by atoms with van der Waals surface area (Å²) in [6.45, 7) is 4.34. The van der Waals surface area contributed by atoms with E-state index in [0.29, 0.717) is 17.3 Å². The first-order valence-corrected chi connectivity index (χ1v) is 15.5. The molecule has 4 N–H and O–H groups in total. The molecule has 234 valence electrons. The van der Waals surface area contributed by atoms with E-state index in [9.17, 15) is 23.9 Å². The fourth-order valence-electron chi connectivity index (χ4n) is 6.30. The van der Waals surface area contributed by atoms with Crippen molar-refractivity contribution in [3.8, 4) is 0 Å². The third-order valence-corrected chi connectivity index (χ3v) is 8.62. The normalized spacial score (nSPS) is 15.6. The van der Waals surface area contributed by atoms with Crippen LogP contribution in [-0.4, -0.2) is 58.8 Å². The van der Waals surface area contributed by atoms with Crippen LogP contribution in [0.5, 0.6) is 0 Å². The molecule has 6 rings (SSSR count). The van der Waals surface area contributed by atoms with Gasteiger partial charge >= 0.3 is 5.97 Å². The maximum atomic E-state index is 13.9. The number of carbonyl (C=O) groups is 3. The first-order chi connectivity index (χ1) is 21.9. The number of rotatable bonds is 9. The predicted octanol–water partition coefficient (Wildman–Crippen LogP) is 5.30. The molecule has 4 aromatic rings. The standard InChI is InChI=1S/C34H37FN6O4/c35-25-9-10-27(24(18-25)20-31(42)43)37-33(44)23-8-11-30(40-16-4-1-5-17-40)28(19-23)38-34(45)32-26-6-2-3-7-29(26)41(39-32)21-22-12-14-36-15-13-22/h2-3,6-11,18-19,22,36H,1,4-5,12-17,20-21H2,(H,37,44)(H,38,45)(H,42,43). The zero-order chi connectivity index (χ0) is 31.3. The van der Waals surface area contributed by atoms with Crippen LogP contribution in [0.25, 0.3) is 10.9 Å². The lowest BCUT2D eigenvalue weighted by Gasteiger charge is -2.30. The van der Waals surface area contributed by atoms with Crippen molar-refractivity contribution >= 4 is 45.7 Å². The van der Waals surface area contributed by atoms with Crippen molar-refractivity contribution in [2.75, 3.05) is 41.7 Å². The molecule has 0 spiro atoms. The van der Waals surface area contributed by atoms with E-state index >= 15 is 0 Å². The average Bonchev–Trinajstić information content (AvgIpc) is 3.41. The van der Waals surface area contributed by atoms with Crippen LogP contribution < -0.4 is 20.9 Å². The van der Waals surface area contributed by atoms with Gasteiger partial charge in [0.15, 0.2) is 5.69 Å². The number of carboxylic acid groups (broad SMARTS) is 1. The van der Waals surface area contributed by atoms with Crippen molar-refractivity contribution in [1.29, 1.82) is 0 Å². The molecule has 2 saturated heterocycles. The lowest BCUT2D eigenvalue weighted by Crippen LogP contribution is -2.31. The highest BCUT2D eigenvalue weighted by atomic mass is 19.1. The molecule has 2 aliphatic rings. The first-order valence-electron chi connectivity index (χ1n) is 15.5. The topological polar surface area (TPSA) is 129 Å². The molecule has 10 nitrogen and oxygen atoms in total. The van der Waals surface area contributed by atoms with Gasteiger partial charge in [-0.2, -0.15) is 5.10 Å². The van der Waals surface area contributed by atoms with E-state index in [2.05, 4.69) is 20.9 Å². The minimum absolute atomic E-state index is 0.154. The fraction of sp³-hybridized carbons (Fsp3) is 0.353. The number of fused-ring (bicyclic) bond motifs is 1. The summed E-state index contributed by atoms with van der Waals surface area (Å²) in [6.07, 6.45) is 4.85. The van der Waals surface area contributed by atoms with Gasteiger partial charge in [0.05, 0.1) is 23.3 Å². The quantitative estimate of drug-likeness (QED) is 0.202. The van der Waals surface area contributed by atoms with Crippen LogP contribution in [0.2, 0.25) is 0 Å². The monoisotopic (exact) mass is 612 g/mol. The van der Waals surface area contributed by atoms with Crippen LogP contribution in [0, 0.1) is 11.7 Å². The van der Waals surface area contributed by atoms with E-state index in [1.54, 1.807) is 12.1 Å². The van der Waals surface area contributed by atoms with E-state index in [4.69, 9.17) is 5.10 Å². The number of amides is 2. The van der Waals surface area contributed by atoms with Gasteiger partial charge in [-0.25, -0.2) is 4.39 Å². The number of hydrogen-bond acceptors (Lipinski definition) is 6. The number of anilines is 3. The number of nitrogens with one attached hydrogen (secondary N) is 3. The molecule has 1 aromatic heterocycles. The summed E-state index contributed by atoms with van der Waals surface area (Å²) in [7, 11) is 0. The summed E-state index contributed by atoms with van der Waals surface area (Å²) in [5, 5.41) is 24.0. The molecule has 0 atom stereocenters. The number of benzene rings is 3. The van der Waals surface area contributed by atoms with Gasteiger partial charge in [-0.1, -0.05) is 18.2 Å². The molecule has 45 heavy (non-hydrogen) atoms. The Morgan fingerprint density at radius 3 is 2.44 bits per heavy atom. The molecule has 0 saturated carbocycles. The second-order valence-electron chi connectivity index (χ2n) is 11.8. The Balaban J connectivity index is 1.30. The zero-order valence-electron chi connectivity index (χ0n) is 25.0. The largest absolute Gasteiger partial charge is 0.481 e. The minimum atomic E-state index is -1.14. The van der Waals surface area contributed by atoms with Gasteiger partial charge in [0.25, 0.3) is 11.8 Å². The molecular weight excluding hydrogens is 575 g/mol. The Hall–Kier alpha value is -4.77. The Kier molecular flexibility index (Phi) is 9.06. The summed E-state index contributed by atoms with van der Waals surface area (Å²) in [5.74, 6) is -2.13.